The second-order valence-electron chi connectivity index (χ2n) is 8.82. The Morgan fingerprint density at radius 3 is 2.07 bits per heavy atom. The predicted octanol–water partition coefficient (Wildman–Crippen LogP) is 4.74. The topological polar surface area (TPSA) is 37.6 Å². The third kappa shape index (κ3) is 9.41. The smallest absolute Gasteiger partial charge is 0.149 e. The molecule has 0 heterocycles. The van der Waals surface area contributed by atoms with E-state index in [2.05, 4.69) is 49.3 Å². The number of nitrogens with two attached hydrogens (primary N) is 1. The van der Waals surface area contributed by atoms with Crippen molar-refractivity contribution in [2.75, 3.05) is 24.6 Å². The van der Waals surface area contributed by atoms with Gasteiger partial charge in [0.25, 0.3) is 0 Å². The molecule has 2 nitrogen and oxygen atoms in total. The summed E-state index contributed by atoms with van der Waals surface area (Å²) in [4.78, 5) is 0. The molecule has 156 valence electrons. The van der Waals surface area contributed by atoms with E-state index in [0.717, 1.165) is 54.7 Å². The van der Waals surface area contributed by atoms with Crippen LogP contribution in [0.3, 0.4) is 0 Å². The molecule has 0 bridgehead atoms. The van der Waals surface area contributed by atoms with Gasteiger partial charge in [-0.3, -0.25) is 5.41 Å². The summed E-state index contributed by atoms with van der Waals surface area (Å²) >= 11 is 4.32. The number of rotatable bonds is 16. The molecule has 4 unspecified atom stereocenters. The highest BCUT2D eigenvalue weighted by atomic mass is 32.2. The summed E-state index contributed by atoms with van der Waals surface area (Å²) in [6, 6.07) is 0. The van der Waals surface area contributed by atoms with Crippen molar-refractivity contribution in [2.45, 2.75) is 88.6 Å². The molecule has 4 atom stereocenters. The van der Waals surface area contributed by atoms with Crippen LogP contribution in [0.15, 0.2) is 12.2 Å². The third-order valence-corrected chi connectivity index (χ3v) is 9.54. The van der Waals surface area contributed by atoms with Crippen LogP contribution in [-0.2, 0) is 0 Å². The zero-order chi connectivity index (χ0) is 19.5. The summed E-state index contributed by atoms with van der Waals surface area (Å²) < 4.78 is 0. The standard InChI is InChI=1S/C23H42N2S2/c1-18(17-25-14-16-27-23-13-11-20(23)3)7-4-5-8-21(24)9-6-15-26-22-12-10-19(22)2/h19-20,22-25H,1,4-17H2,2-3H3/p+1. The maximum absolute atomic E-state index is 6.22. The molecule has 2 rings (SSSR count). The van der Waals surface area contributed by atoms with Crippen molar-refractivity contribution in [3.8, 4) is 0 Å². The van der Waals surface area contributed by atoms with Crippen molar-refractivity contribution in [1.82, 2.24) is 5.32 Å². The minimum atomic E-state index is 0.928. The van der Waals surface area contributed by atoms with E-state index in [1.165, 1.54) is 67.7 Å². The van der Waals surface area contributed by atoms with Crippen LogP contribution in [0.5, 0.6) is 0 Å². The van der Waals surface area contributed by atoms with E-state index in [4.69, 9.17) is 5.41 Å². The molecule has 0 spiro atoms. The monoisotopic (exact) mass is 411 g/mol. The Hall–Kier alpha value is 0.0700. The summed E-state index contributed by atoms with van der Waals surface area (Å²) in [6.45, 7) is 11.1. The van der Waals surface area contributed by atoms with Crippen LogP contribution in [0.2, 0.25) is 0 Å². The zero-order valence-electron chi connectivity index (χ0n) is 17.8. The fraction of sp³-hybridized carbons (Fsp3) is 0.870. The molecule has 2 aliphatic carbocycles. The Morgan fingerprint density at radius 1 is 0.889 bits per heavy atom. The molecular formula is C23H43N2S2+. The molecule has 4 heteroatoms. The van der Waals surface area contributed by atoms with Gasteiger partial charge in [0, 0.05) is 42.2 Å². The van der Waals surface area contributed by atoms with Crippen molar-refractivity contribution in [3.05, 3.63) is 12.2 Å². The Morgan fingerprint density at radius 2 is 1.48 bits per heavy atom. The molecule has 0 aromatic rings. The van der Waals surface area contributed by atoms with Crippen LogP contribution in [0, 0.1) is 11.8 Å². The highest BCUT2D eigenvalue weighted by molar-refractivity contribution is 8.00. The molecule has 0 saturated heterocycles. The van der Waals surface area contributed by atoms with E-state index in [9.17, 15) is 0 Å². The fourth-order valence-corrected chi connectivity index (χ4v) is 6.50. The molecule has 0 amide bonds. The number of hydrogen-bond acceptors (Lipinski definition) is 3. The fourth-order valence-electron chi connectivity index (χ4n) is 3.79. The summed E-state index contributed by atoms with van der Waals surface area (Å²) in [7, 11) is 0. The Labute approximate surface area is 177 Å². The minimum Gasteiger partial charge on any atom is -0.312 e. The maximum Gasteiger partial charge on any atom is 0.149 e. The summed E-state index contributed by atoms with van der Waals surface area (Å²) in [5.74, 6) is 4.42. The second-order valence-corrected chi connectivity index (χ2v) is 11.5. The van der Waals surface area contributed by atoms with Gasteiger partial charge in [-0.05, 0) is 69.0 Å². The van der Waals surface area contributed by atoms with Gasteiger partial charge < -0.3 is 5.32 Å². The number of hydrogen-bond donors (Lipinski definition) is 2. The third-order valence-electron chi connectivity index (χ3n) is 6.32. The number of unbranched alkanes of at least 4 members (excludes halogenated alkanes) is 1. The molecule has 0 aliphatic heterocycles. The first-order chi connectivity index (χ1) is 13.1. The lowest BCUT2D eigenvalue weighted by Crippen LogP contribution is -2.39. The van der Waals surface area contributed by atoms with E-state index in [1.54, 1.807) is 0 Å². The molecule has 0 radical (unpaired) electrons. The highest BCUT2D eigenvalue weighted by Gasteiger charge is 2.27. The first-order valence-electron chi connectivity index (χ1n) is 11.3. The lowest BCUT2D eigenvalue weighted by atomic mass is 9.87. The van der Waals surface area contributed by atoms with Crippen LogP contribution in [0.1, 0.15) is 78.1 Å². The lowest BCUT2D eigenvalue weighted by molar-refractivity contribution is -0.119. The average Bonchev–Trinajstić information content (AvgIpc) is 2.65. The minimum absolute atomic E-state index is 0.928. The van der Waals surface area contributed by atoms with Gasteiger partial charge in [0.2, 0.25) is 0 Å². The molecule has 2 aliphatic rings. The van der Waals surface area contributed by atoms with Gasteiger partial charge >= 0.3 is 0 Å². The number of thioether (sulfide) groups is 2. The Balaban J connectivity index is 1.33. The zero-order valence-corrected chi connectivity index (χ0v) is 19.4. The van der Waals surface area contributed by atoms with Crippen LogP contribution in [0.4, 0.5) is 0 Å². The van der Waals surface area contributed by atoms with E-state index in [0.29, 0.717) is 0 Å². The van der Waals surface area contributed by atoms with Gasteiger partial charge in [0.1, 0.15) is 5.71 Å². The first-order valence-corrected chi connectivity index (χ1v) is 13.4. The van der Waals surface area contributed by atoms with Gasteiger partial charge in [-0.1, -0.05) is 26.0 Å². The molecule has 3 N–H and O–H groups in total. The molecule has 0 aromatic heterocycles. The molecule has 0 aromatic carbocycles. The maximum atomic E-state index is 6.22. The van der Waals surface area contributed by atoms with E-state index in [1.807, 2.05) is 0 Å². The van der Waals surface area contributed by atoms with Crippen molar-refractivity contribution in [2.24, 2.45) is 11.8 Å². The van der Waals surface area contributed by atoms with Crippen molar-refractivity contribution >= 4 is 29.2 Å². The molecule has 2 saturated carbocycles. The van der Waals surface area contributed by atoms with Gasteiger partial charge in [-0.15, -0.1) is 0 Å². The van der Waals surface area contributed by atoms with Crippen LogP contribution < -0.4 is 10.7 Å². The number of nitrogens with one attached hydrogen (secondary N) is 1. The van der Waals surface area contributed by atoms with Gasteiger partial charge in [-0.25, -0.2) is 0 Å². The lowest BCUT2D eigenvalue weighted by Gasteiger charge is -2.33. The molecular weight excluding hydrogens is 368 g/mol. The SMILES string of the molecule is C=C(CCCCC(=[NH2+])CCCSC1CCC1C)CNCCSC1CCC1C. The first kappa shape index (κ1) is 23.3. The Kier molecular flexibility index (Phi) is 11.5. The normalized spacial score (nSPS) is 27.0. The van der Waals surface area contributed by atoms with E-state index >= 15 is 0 Å². The predicted molar refractivity (Wildman–Crippen MR) is 126 cm³/mol. The quantitative estimate of drug-likeness (QED) is 0.219. The largest absolute Gasteiger partial charge is 0.312 e. The van der Waals surface area contributed by atoms with Crippen LogP contribution in [-0.4, -0.2) is 40.8 Å². The molecule has 2 fully saturated rings. The Bertz CT molecular complexity index is 452. The van der Waals surface area contributed by atoms with Gasteiger partial charge in [0.05, 0.1) is 0 Å². The summed E-state index contributed by atoms with van der Waals surface area (Å²) in [5, 5.41) is 11.6. The highest BCUT2D eigenvalue weighted by Crippen LogP contribution is 2.37. The van der Waals surface area contributed by atoms with Gasteiger partial charge in [0.15, 0.2) is 0 Å². The average molecular weight is 412 g/mol. The van der Waals surface area contributed by atoms with E-state index < -0.39 is 0 Å². The van der Waals surface area contributed by atoms with E-state index in [-0.39, 0.29) is 0 Å². The summed E-state index contributed by atoms with van der Waals surface area (Å²) in [6.07, 6.45) is 12.8. The second kappa shape index (κ2) is 13.3. The van der Waals surface area contributed by atoms with Crippen molar-refractivity contribution < 1.29 is 5.41 Å². The van der Waals surface area contributed by atoms with Crippen LogP contribution >= 0.6 is 23.5 Å². The van der Waals surface area contributed by atoms with Crippen molar-refractivity contribution in [3.63, 3.8) is 0 Å². The van der Waals surface area contributed by atoms with Gasteiger partial charge in [-0.2, -0.15) is 23.5 Å². The van der Waals surface area contributed by atoms with Crippen molar-refractivity contribution in [1.29, 1.82) is 0 Å². The van der Waals surface area contributed by atoms with Crippen LogP contribution in [0.25, 0.3) is 0 Å². The molecule has 27 heavy (non-hydrogen) atoms. The summed E-state index contributed by atoms with van der Waals surface area (Å²) in [5.41, 5.74) is 2.56.